The zero-order valence-electron chi connectivity index (χ0n) is 20.8. The Balaban J connectivity index is 1.70. The van der Waals surface area contributed by atoms with Crippen LogP contribution >= 0.6 is 11.3 Å². The van der Waals surface area contributed by atoms with E-state index < -0.39 is 17.7 Å². The van der Waals surface area contributed by atoms with Crippen molar-refractivity contribution in [2.45, 2.75) is 45.6 Å². The number of hydrogen-bond acceptors (Lipinski definition) is 5. The van der Waals surface area contributed by atoms with Gasteiger partial charge in [0.15, 0.2) is 5.13 Å². The maximum atomic E-state index is 13.5. The van der Waals surface area contributed by atoms with Crippen LogP contribution in [-0.2, 0) is 21.4 Å². The van der Waals surface area contributed by atoms with Crippen LogP contribution in [0.3, 0.4) is 0 Å². The van der Waals surface area contributed by atoms with Gasteiger partial charge in [-0.15, -0.1) is 0 Å². The number of anilines is 1. The molecule has 5 nitrogen and oxygen atoms in total. The van der Waals surface area contributed by atoms with Crippen molar-refractivity contribution in [3.63, 3.8) is 0 Å². The highest BCUT2D eigenvalue weighted by Crippen LogP contribution is 2.44. The number of aliphatic hydroxyl groups is 1. The van der Waals surface area contributed by atoms with Crippen LogP contribution in [0.4, 0.5) is 5.13 Å². The van der Waals surface area contributed by atoms with Gasteiger partial charge in [0.05, 0.1) is 21.8 Å². The van der Waals surface area contributed by atoms with Crippen molar-refractivity contribution in [1.82, 2.24) is 4.98 Å². The number of benzene rings is 3. The Bertz CT molecular complexity index is 1490. The molecule has 1 amide bonds. The van der Waals surface area contributed by atoms with Gasteiger partial charge in [0.2, 0.25) is 0 Å². The van der Waals surface area contributed by atoms with Crippen LogP contribution in [-0.4, -0.2) is 21.8 Å². The lowest BCUT2D eigenvalue weighted by atomic mass is 9.85. The number of aliphatic hydroxyl groups excluding tert-OH is 1. The molecule has 2 heterocycles. The molecule has 0 saturated carbocycles. The van der Waals surface area contributed by atoms with Gasteiger partial charge in [-0.1, -0.05) is 99.7 Å². The molecule has 1 aromatic heterocycles. The summed E-state index contributed by atoms with van der Waals surface area (Å²) >= 11 is 1.38. The maximum Gasteiger partial charge on any atom is 0.301 e. The molecule has 1 fully saturated rings. The number of carbonyl (C=O) groups excluding carboxylic acids is 2. The van der Waals surface area contributed by atoms with Crippen LogP contribution in [0.15, 0.2) is 78.4 Å². The van der Waals surface area contributed by atoms with Crippen molar-refractivity contribution in [3.8, 4) is 0 Å². The van der Waals surface area contributed by atoms with E-state index in [1.807, 2.05) is 42.5 Å². The van der Waals surface area contributed by atoms with Gasteiger partial charge in [0.1, 0.15) is 5.76 Å². The summed E-state index contributed by atoms with van der Waals surface area (Å²) in [7, 11) is 0. The number of fused-ring (bicyclic) bond motifs is 1. The van der Waals surface area contributed by atoms with E-state index >= 15 is 0 Å². The largest absolute Gasteiger partial charge is 0.507 e. The monoisotopic (exact) mass is 496 g/mol. The Kier molecular flexibility index (Phi) is 6.00. The van der Waals surface area contributed by atoms with Crippen LogP contribution in [0.1, 0.15) is 56.0 Å². The summed E-state index contributed by atoms with van der Waals surface area (Å²) in [5.74, 6) is -1.59. The highest BCUT2D eigenvalue weighted by Gasteiger charge is 2.48. The first kappa shape index (κ1) is 23.9. The molecule has 5 rings (SSSR count). The van der Waals surface area contributed by atoms with Crippen molar-refractivity contribution in [1.29, 1.82) is 0 Å². The summed E-state index contributed by atoms with van der Waals surface area (Å²) in [6.45, 7) is 8.49. The summed E-state index contributed by atoms with van der Waals surface area (Å²) in [5, 5.41) is 11.7. The van der Waals surface area contributed by atoms with Gasteiger partial charge in [-0.05, 0) is 40.7 Å². The fourth-order valence-corrected chi connectivity index (χ4v) is 5.60. The number of carbonyl (C=O) groups is 2. The second kappa shape index (κ2) is 9.03. The number of nitrogens with zero attached hydrogens (tertiary/aromatic N) is 2. The average Bonchev–Trinajstić information content (AvgIpc) is 3.41. The zero-order chi connectivity index (χ0) is 25.6. The van der Waals surface area contributed by atoms with Gasteiger partial charge in [-0.3, -0.25) is 14.5 Å². The summed E-state index contributed by atoms with van der Waals surface area (Å²) in [4.78, 5) is 33.0. The molecular weight excluding hydrogens is 468 g/mol. The molecule has 0 radical (unpaired) electrons. The third-order valence-corrected chi connectivity index (χ3v) is 7.66. The van der Waals surface area contributed by atoms with Crippen LogP contribution in [0.25, 0.3) is 16.0 Å². The van der Waals surface area contributed by atoms with E-state index in [-0.39, 0.29) is 16.7 Å². The van der Waals surface area contributed by atoms with Gasteiger partial charge in [-0.2, -0.15) is 0 Å². The highest BCUT2D eigenvalue weighted by molar-refractivity contribution is 7.22. The Morgan fingerprint density at radius 3 is 2.33 bits per heavy atom. The molecule has 3 aromatic carbocycles. The molecule has 0 aliphatic carbocycles. The summed E-state index contributed by atoms with van der Waals surface area (Å²) in [6.07, 6.45) is 0.894. The third-order valence-electron chi connectivity index (χ3n) is 6.64. The summed E-state index contributed by atoms with van der Waals surface area (Å²) in [5.41, 5.74) is 4.35. The van der Waals surface area contributed by atoms with Crippen LogP contribution < -0.4 is 4.90 Å². The Morgan fingerprint density at radius 1 is 1.00 bits per heavy atom. The molecule has 0 spiro atoms. The first-order valence-electron chi connectivity index (χ1n) is 12.1. The third kappa shape index (κ3) is 4.11. The van der Waals surface area contributed by atoms with Crippen molar-refractivity contribution in [3.05, 3.63) is 101 Å². The zero-order valence-corrected chi connectivity index (χ0v) is 21.6. The fraction of sp³-hybridized carbons (Fsp3) is 0.233. The van der Waals surface area contributed by atoms with Crippen molar-refractivity contribution < 1.29 is 14.7 Å². The van der Waals surface area contributed by atoms with Crippen LogP contribution in [0.5, 0.6) is 0 Å². The van der Waals surface area contributed by atoms with Crippen molar-refractivity contribution >= 4 is 44.1 Å². The number of amides is 1. The summed E-state index contributed by atoms with van der Waals surface area (Å²) in [6, 6.07) is 22.0. The molecule has 6 heteroatoms. The Labute approximate surface area is 214 Å². The van der Waals surface area contributed by atoms with E-state index in [1.165, 1.54) is 21.8 Å². The topological polar surface area (TPSA) is 70.5 Å². The van der Waals surface area contributed by atoms with Crippen LogP contribution in [0.2, 0.25) is 0 Å². The lowest BCUT2D eigenvalue weighted by Gasteiger charge is -2.24. The van der Waals surface area contributed by atoms with Crippen LogP contribution in [0, 0.1) is 0 Å². The second-order valence-electron chi connectivity index (χ2n) is 10.1. The van der Waals surface area contributed by atoms with E-state index in [4.69, 9.17) is 4.98 Å². The summed E-state index contributed by atoms with van der Waals surface area (Å²) < 4.78 is 0.955. The quantitative estimate of drug-likeness (QED) is 0.192. The van der Waals surface area contributed by atoms with E-state index in [0.29, 0.717) is 10.7 Å². The average molecular weight is 497 g/mol. The van der Waals surface area contributed by atoms with E-state index in [9.17, 15) is 14.7 Å². The number of Topliss-reactive ketones (excluding diaryl/α,β-unsaturated/α-hetero) is 1. The number of aromatic nitrogens is 1. The first-order valence-corrected chi connectivity index (χ1v) is 12.9. The molecular formula is C30H28N2O3S. The smallest absolute Gasteiger partial charge is 0.301 e. The standard InChI is InChI=1S/C30H28N2O3S/c1-5-18-11-16-22-23(17-18)36-29(31-22)32-25(19-12-14-21(15-13-19)30(2,3)4)24(27(34)28(32)35)26(33)20-9-7-6-8-10-20/h6-17,25,33H,5H2,1-4H3/b26-24+. The number of rotatable bonds is 4. The Morgan fingerprint density at radius 2 is 1.69 bits per heavy atom. The molecule has 1 atom stereocenters. The minimum atomic E-state index is -0.787. The molecule has 1 aliphatic rings. The van der Waals surface area contributed by atoms with E-state index in [0.717, 1.165) is 27.8 Å². The van der Waals surface area contributed by atoms with Crippen molar-refractivity contribution in [2.24, 2.45) is 0 Å². The molecule has 182 valence electrons. The number of thiazole rings is 1. The second-order valence-corrected chi connectivity index (χ2v) is 11.1. The SMILES string of the molecule is CCc1ccc2nc(N3C(=O)C(=O)/C(=C(/O)c4ccccc4)C3c3ccc(C(C)(C)C)cc3)sc2c1. The van der Waals surface area contributed by atoms with Gasteiger partial charge in [0, 0.05) is 5.56 Å². The fourth-order valence-electron chi connectivity index (χ4n) is 4.54. The number of aryl methyl sites for hydroxylation is 1. The molecule has 1 N–H and O–H groups in total. The minimum absolute atomic E-state index is 0.0472. The van der Waals surface area contributed by atoms with Gasteiger partial charge < -0.3 is 5.11 Å². The minimum Gasteiger partial charge on any atom is -0.507 e. The Hall–Kier alpha value is -3.77. The highest BCUT2D eigenvalue weighted by atomic mass is 32.1. The molecule has 0 bridgehead atoms. The lowest BCUT2D eigenvalue weighted by molar-refractivity contribution is -0.132. The van der Waals surface area contributed by atoms with Gasteiger partial charge >= 0.3 is 5.91 Å². The molecule has 36 heavy (non-hydrogen) atoms. The molecule has 1 aliphatic heterocycles. The number of hydrogen-bond donors (Lipinski definition) is 1. The maximum absolute atomic E-state index is 13.5. The van der Waals surface area contributed by atoms with Crippen molar-refractivity contribution in [2.75, 3.05) is 4.90 Å². The lowest BCUT2D eigenvalue weighted by Crippen LogP contribution is -2.29. The predicted molar refractivity (Wildman–Crippen MR) is 145 cm³/mol. The van der Waals surface area contributed by atoms with E-state index in [2.05, 4.69) is 33.8 Å². The predicted octanol–water partition coefficient (Wildman–Crippen LogP) is 6.78. The molecule has 1 unspecified atom stereocenters. The first-order chi connectivity index (χ1) is 17.2. The van der Waals surface area contributed by atoms with Gasteiger partial charge in [0.25, 0.3) is 5.78 Å². The van der Waals surface area contributed by atoms with E-state index in [1.54, 1.807) is 24.3 Å². The normalized spacial score (nSPS) is 17.8. The number of ketones is 1. The van der Waals surface area contributed by atoms with Gasteiger partial charge in [-0.25, -0.2) is 4.98 Å². The molecule has 1 saturated heterocycles. The molecule has 4 aromatic rings.